The third-order valence-electron chi connectivity index (χ3n) is 4.53. The van der Waals surface area contributed by atoms with Crippen molar-refractivity contribution in [3.8, 4) is 11.4 Å². The maximum atomic E-state index is 12.4. The van der Waals surface area contributed by atoms with Gasteiger partial charge in [-0.3, -0.25) is 4.79 Å². The molecule has 4 aromatic rings. The topological polar surface area (TPSA) is 69.0 Å². The summed E-state index contributed by atoms with van der Waals surface area (Å²) in [5, 5.41) is 12.8. The van der Waals surface area contributed by atoms with E-state index in [1.807, 2.05) is 50.2 Å². The first-order chi connectivity index (χ1) is 14.4. The fraction of sp³-hybridized carbons (Fsp3) is 0.136. The first-order valence-electron chi connectivity index (χ1n) is 9.22. The van der Waals surface area contributed by atoms with Gasteiger partial charge in [-0.2, -0.15) is 4.80 Å². The average molecular weight is 441 g/mol. The standard InChI is InChI=1S/C22H18Cl2N4O2/c1-13-9-19-20(27-28(26-19)16-6-4-3-5-7-16)11-18(13)25-21(29)12-30-22-14(2)8-15(23)10-17(22)24/h3-11H,12H2,1-2H3,(H,25,29). The van der Waals surface area contributed by atoms with E-state index in [1.165, 1.54) is 0 Å². The molecule has 0 bridgehead atoms. The Morgan fingerprint density at radius 3 is 2.40 bits per heavy atom. The number of carbonyl (C=O) groups is 1. The first-order valence-corrected chi connectivity index (χ1v) is 9.98. The summed E-state index contributed by atoms with van der Waals surface area (Å²) in [6.45, 7) is 3.53. The van der Waals surface area contributed by atoms with Crippen LogP contribution in [0, 0.1) is 13.8 Å². The molecule has 0 atom stereocenters. The number of nitrogens with one attached hydrogen (secondary N) is 1. The van der Waals surface area contributed by atoms with Crippen LogP contribution in [0.5, 0.6) is 5.75 Å². The molecule has 1 heterocycles. The van der Waals surface area contributed by atoms with Gasteiger partial charge in [-0.1, -0.05) is 41.4 Å². The van der Waals surface area contributed by atoms with E-state index in [4.69, 9.17) is 27.9 Å². The Morgan fingerprint density at radius 2 is 1.70 bits per heavy atom. The Morgan fingerprint density at radius 1 is 1.00 bits per heavy atom. The van der Waals surface area contributed by atoms with Crippen molar-refractivity contribution in [2.24, 2.45) is 0 Å². The van der Waals surface area contributed by atoms with Crippen LogP contribution in [0.2, 0.25) is 10.0 Å². The van der Waals surface area contributed by atoms with Crippen molar-refractivity contribution in [2.45, 2.75) is 13.8 Å². The van der Waals surface area contributed by atoms with Gasteiger partial charge in [-0.15, -0.1) is 10.2 Å². The summed E-state index contributed by atoms with van der Waals surface area (Å²) in [5.74, 6) is 0.132. The van der Waals surface area contributed by atoms with Crippen LogP contribution in [-0.4, -0.2) is 27.5 Å². The minimum atomic E-state index is -0.307. The largest absolute Gasteiger partial charge is 0.482 e. The van der Waals surface area contributed by atoms with E-state index in [-0.39, 0.29) is 12.5 Å². The second kappa shape index (κ2) is 8.34. The molecule has 3 aromatic carbocycles. The highest BCUT2D eigenvalue weighted by Crippen LogP contribution is 2.32. The number of amides is 1. The molecule has 6 nitrogen and oxygen atoms in total. The first kappa shape index (κ1) is 20.2. The Labute approximate surface area is 183 Å². The number of aromatic nitrogens is 3. The number of carbonyl (C=O) groups excluding carboxylic acids is 1. The monoisotopic (exact) mass is 440 g/mol. The zero-order valence-electron chi connectivity index (χ0n) is 16.3. The molecule has 0 aliphatic heterocycles. The Balaban J connectivity index is 1.51. The van der Waals surface area contributed by atoms with Gasteiger partial charge in [0.2, 0.25) is 0 Å². The number of ether oxygens (including phenoxy) is 1. The Bertz CT molecular complexity index is 1220. The van der Waals surface area contributed by atoms with E-state index in [9.17, 15) is 4.79 Å². The van der Waals surface area contributed by atoms with E-state index < -0.39 is 0 Å². The summed E-state index contributed by atoms with van der Waals surface area (Å²) in [6, 6.07) is 16.6. The number of halogens is 2. The second-order valence-corrected chi connectivity index (χ2v) is 7.69. The molecular formula is C22H18Cl2N4O2. The molecule has 0 aliphatic rings. The van der Waals surface area contributed by atoms with Gasteiger partial charge in [-0.05, 0) is 61.4 Å². The van der Waals surface area contributed by atoms with Crippen LogP contribution in [0.3, 0.4) is 0 Å². The highest BCUT2D eigenvalue weighted by molar-refractivity contribution is 6.35. The van der Waals surface area contributed by atoms with Crippen molar-refractivity contribution in [3.63, 3.8) is 0 Å². The van der Waals surface area contributed by atoms with Gasteiger partial charge in [0.05, 0.1) is 10.7 Å². The third kappa shape index (κ3) is 4.25. The number of nitrogens with zero attached hydrogens (tertiary/aromatic N) is 3. The predicted molar refractivity (Wildman–Crippen MR) is 119 cm³/mol. The number of fused-ring (bicyclic) bond motifs is 1. The zero-order chi connectivity index (χ0) is 21.3. The molecule has 152 valence electrons. The molecule has 0 unspecified atom stereocenters. The number of hydrogen-bond donors (Lipinski definition) is 1. The molecule has 8 heteroatoms. The molecule has 1 aromatic heterocycles. The summed E-state index contributed by atoms with van der Waals surface area (Å²) in [5.41, 5.74) is 4.56. The number of benzene rings is 3. The lowest BCUT2D eigenvalue weighted by atomic mass is 10.1. The maximum absolute atomic E-state index is 12.4. The van der Waals surface area contributed by atoms with Crippen LogP contribution in [-0.2, 0) is 4.79 Å². The average Bonchev–Trinajstić information content (AvgIpc) is 3.11. The van der Waals surface area contributed by atoms with E-state index in [0.717, 1.165) is 22.3 Å². The van der Waals surface area contributed by atoms with E-state index >= 15 is 0 Å². The molecule has 1 amide bonds. The third-order valence-corrected chi connectivity index (χ3v) is 5.03. The van der Waals surface area contributed by atoms with Crippen LogP contribution < -0.4 is 10.1 Å². The molecule has 0 fully saturated rings. The number of rotatable bonds is 5. The van der Waals surface area contributed by atoms with Gasteiger partial charge in [-0.25, -0.2) is 0 Å². The molecule has 0 aliphatic carbocycles. The lowest BCUT2D eigenvalue weighted by molar-refractivity contribution is -0.118. The quantitative estimate of drug-likeness (QED) is 0.453. The number of aryl methyl sites for hydroxylation is 2. The lowest BCUT2D eigenvalue weighted by Gasteiger charge is -2.12. The van der Waals surface area contributed by atoms with Gasteiger partial charge < -0.3 is 10.1 Å². The normalized spacial score (nSPS) is 10.9. The van der Waals surface area contributed by atoms with E-state index in [1.54, 1.807) is 23.0 Å². The zero-order valence-corrected chi connectivity index (χ0v) is 17.8. The minimum absolute atomic E-state index is 0.184. The summed E-state index contributed by atoms with van der Waals surface area (Å²) in [7, 11) is 0. The molecule has 1 N–H and O–H groups in total. The predicted octanol–water partition coefficient (Wildman–Crippen LogP) is 5.36. The van der Waals surface area contributed by atoms with Crippen molar-refractivity contribution in [2.75, 3.05) is 11.9 Å². The van der Waals surface area contributed by atoms with Gasteiger partial charge in [0.15, 0.2) is 6.61 Å². The van der Waals surface area contributed by atoms with Gasteiger partial charge in [0.25, 0.3) is 5.91 Å². The number of anilines is 1. The number of hydrogen-bond acceptors (Lipinski definition) is 4. The number of para-hydroxylation sites is 1. The van der Waals surface area contributed by atoms with Crippen molar-refractivity contribution < 1.29 is 9.53 Å². The van der Waals surface area contributed by atoms with Crippen LogP contribution in [0.15, 0.2) is 54.6 Å². The molecule has 0 spiro atoms. The SMILES string of the molecule is Cc1cc2nn(-c3ccccc3)nc2cc1NC(=O)COc1c(C)cc(Cl)cc1Cl. The maximum Gasteiger partial charge on any atom is 0.262 e. The molecule has 0 saturated carbocycles. The summed E-state index contributed by atoms with van der Waals surface area (Å²) in [4.78, 5) is 14.0. The highest BCUT2D eigenvalue weighted by atomic mass is 35.5. The minimum Gasteiger partial charge on any atom is -0.482 e. The van der Waals surface area contributed by atoms with Crippen LogP contribution in [0.1, 0.15) is 11.1 Å². The van der Waals surface area contributed by atoms with Crippen LogP contribution >= 0.6 is 23.2 Å². The molecule has 4 rings (SSSR count). The second-order valence-electron chi connectivity index (χ2n) is 6.85. The van der Waals surface area contributed by atoms with Crippen molar-refractivity contribution >= 4 is 45.8 Å². The van der Waals surface area contributed by atoms with Crippen LogP contribution in [0.4, 0.5) is 5.69 Å². The van der Waals surface area contributed by atoms with E-state index in [0.29, 0.717) is 27.0 Å². The Kier molecular flexibility index (Phi) is 5.61. The van der Waals surface area contributed by atoms with Crippen molar-refractivity contribution in [3.05, 3.63) is 75.8 Å². The summed E-state index contributed by atoms with van der Waals surface area (Å²) >= 11 is 12.1. The fourth-order valence-electron chi connectivity index (χ4n) is 3.08. The molecule has 30 heavy (non-hydrogen) atoms. The van der Waals surface area contributed by atoms with Gasteiger partial charge >= 0.3 is 0 Å². The highest BCUT2D eigenvalue weighted by Gasteiger charge is 2.13. The van der Waals surface area contributed by atoms with Crippen molar-refractivity contribution in [1.82, 2.24) is 15.0 Å². The van der Waals surface area contributed by atoms with E-state index in [2.05, 4.69) is 15.5 Å². The fourth-order valence-corrected chi connectivity index (χ4v) is 3.72. The summed E-state index contributed by atoms with van der Waals surface area (Å²) in [6.07, 6.45) is 0. The molecular weight excluding hydrogens is 423 g/mol. The lowest BCUT2D eigenvalue weighted by Crippen LogP contribution is -2.21. The molecule has 0 saturated heterocycles. The van der Waals surface area contributed by atoms with Gasteiger partial charge in [0, 0.05) is 10.7 Å². The summed E-state index contributed by atoms with van der Waals surface area (Å²) < 4.78 is 5.61. The Hall–Kier alpha value is -3.09. The van der Waals surface area contributed by atoms with Gasteiger partial charge in [0.1, 0.15) is 16.8 Å². The van der Waals surface area contributed by atoms with Crippen molar-refractivity contribution in [1.29, 1.82) is 0 Å². The molecule has 0 radical (unpaired) electrons. The smallest absolute Gasteiger partial charge is 0.262 e. The van der Waals surface area contributed by atoms with Crippen LogP contribution in [0.25, 0.3) is 16.7 Å².